The molecule has 0 aliphatic rings. The van der Waals surface area contributed by atoms with Gasteiger partial charge in [0.1, 0.15) is 16.8 Å². The number of nitrogens with zero attached hydrogens (tertiary/aromatic N) is 2. The van der Waals surface area contributed by atoms with Crippen LogP contribution < -0.4 is 10.1 Å². The van der Waals surface area contributed by atoms with Gasteiger partial charge in [0, 0.05) is 11.4 Å². The summed E-state index contributed by atoms with van der Waals surface area (Å²) < 4.78 is 40.3. The highest BCUT2D eigenvalue weighted by Crippen LogP contribution is 2.28. The molecule has 1 heterocycles. The van der Waals surface area contributed by atoms with Crippen LogP contribution in [0.1, 0.15) is 23.7 Å². The third-order valence-corrected chi connectivity index (χ3v) is 4.52. The number of anilines is 1. The Balaban J connectivity index is 2.05. The molecule has 0 spiro atoms. The van der Waals surface area contributed by atoms with Gasteiger partial charge in [-0.25, -0.2) is 4.98 Å². The Kier molecular flexibility index (Phi) is 6.33. The molecule has 27 heavy (non-hydrogen) atoms. The lowest BCUT2D eigenvalue weighted by Crippen LogP contribution is -2.22. The molecule has 0 aliphatic carbocycles. The zero-order valence-corrected chi connectivity index (χ0v) is 15.5. The predicted octanol–water partition coefficient (Wildman–Crippen LogP) is 4.59. The largest absolute Gasteiger partial charge is 0.573 e. The fourth-order valence-corrected chi connectivity index (χ4v) is 3.25. The molecule has 1 unspecified atom stereocenters. The number of pyridine rings is 1. The van der Waals surface area contributed by atoms with E-state index in [0.717, 1.165) is 35.2 Å². The zero-order valence-electron chi connectivity index (χ0n) is 14.7. The first-order chi connectivity index (χ1) is 12.6. The quantitative estimate of drug-likeness (QED) is 0.750. The second-order valence-electron chi connectivity index (χ2n) is 5.69. The molecule has 2 rings (SSSR count). The summed E-state index contributed by atoms with van der Waals surface area (Å²) in [4.78, 5) is 16.7. The smallest absolute Gasteiger partial charge is 0.406 e. The van der Waals surface area contributed by atoms with E-state index in [0.29, 0.717) is 16.3 Å². The van der Waals surface area contributed by atoms with Gasteiger partial charge < -0.3 is 10.1 Å². The highest BCUT2D eigenvalue weighted by atomic mass is 32.2. The molecule has 0 aliphatic heterocycles. The van der Waals surface area contributed by atoms with Gasteiger partial charge in [0.15, 0.2) is 0 Å². The van der Waals surface area contributed by atoms with Crippen molar-refractivity contribution in [1.82, 2.24) is 4.98 Å². The van der Waals surface area contributed by atoms with Crippen LogP contribution in [0.2, 0.25) is 0 Å². The second-order valence-corrected chi connectivity index (χ2v) is 7.02. The number of hydrogen-bond donors (Lipinski definition) is 1. The number of benzene rings is 1. The Bertz CT molecular complexity index is 877. The van der Waals surface area contributed by atoms with Crippen LogP contribution in [0.4, 0.5) is 18.9 Å². The molecule has 2 aromatic rings. The SMILES string of the molecule is Cc1cc(C)c(C#N)c(SC(C)C(=O)Nc2ccc(OC(F)(F)F)cc2)n1. The van der Waals surface area contributed by atoms with Crippen LogP contribution >= 0.6 is 11.8 Å². The van der Waals surface area contributed by atoms with Gasteiger partial charge in [0.2, 0.25) is 5.91 Å². The number of aromatic nitrogens is 1. The maximum Gasteiger partial charge on any atom is 0.573 e. The lowest BCUT2D eigenvalue weighted by Gasteiger charge is -2.14. The third-order valence-electron chi connectivity index (χ3n) is 3.44. The van der Waals surface area contributed by atoms with Crippen molar-refractivity contribution in [3.05, 3.63) is 47.2 Å². The van der Waals surface area contributed by atoms with Crippen molar-refractivity contribution in [2.45, 2.75) is 37.4 Å². The van der Waals surface area contributed by atoms with Crippen LogP contribution in [0.15, 0.2) is 35.4 Å². The number of nitriles is 1. The number of carbonyl (C=O) groups excluding carboxylic acids is 1. The Morgan fingerprint density at radius 3 is 2.48 bits per heavy atom. The van der Waals surface area contributed by atoms with E-state index >= 15 is 0 Å². The maximum atomic E-state index is 12.3. The van der Waals surface area contributed by atoms with Crippen LogP contribution in [0.5, 0.6) is 5.75 Å². The van der Waals surface area contributed by atoms with E-state index in [1.165, 1.54) is 12.1 Å². The van der Waals surface area contributed by atoms with Crippen molar-refractivity contribution < 1.29 is 22.7 Å². The molecule has 5 nitrogen and oxygen atoms in total. The average molecular weight is 395 g/mol. The second kappa shape index (κ2) is 8.31. The third kappa shape index (κ3) is 5.89. The van der Waals surface area contributed by atoms with E-state index in [4.69, 9.17) is 0 Å². The first kappa shape index (κ1) is 20.6. The van der Waals surface area contributed by atoms with Gasteiger partial charge in [-0.15, -0.1) is 13.2 Å². The molecule has 0 saturated heterocycles. The number of ether oxygens (including phenoxy) is 1. The molecule has 1 amide bonds. The summed E-state index contributed by atoms with van der Waals surface area (Å²) in [7, 11) is 0. The predicted molar refractivity (Wildman–Crippen MR) is 95.5 cm³/mol. The van der Waals surface area contributed by atoms with E-state index in [2.05, 4.69) is 21.1 Å². The summed E-state index contributed by atoms with van der Waals surface area (Å²) in [6.45, 7) is 5.25. The zero-order chi connectivity index (χ0) is 20.2. The van der Waals surface area contributed by atoms with Crippen molar-refractivity contribution in [1.29, 1.82) is 5.26 Å². The minimum Gasteiger partial charge on any atom is -0.406 e. The normalized spacial score (nSPS) is 12.2. The van der Waals surface area contributed by atoms with Gasteiger partial charge >= 0.3 is 6.36 Å². The standard InChI is InChI=1S/C18H16F3N3O2S/c1-10-8-11(2)23-17(15(10)9-22)27-12(3)16(25)24-13-4-6-14(7-5-13)26-18(19,20)21/h4-8,12H,1-3H3,(H,24,25). The molecule has 0 radical (unpaired) electrons. The van der Waals surface area contributed by atoms with Crippen molar-refractivity contribution in [2.24, 2.45) is 0 Å². The number of alkyl halides is 3. The fourth-order valence-electron chi connectivity index (χ4n) is 2.23. The lowest BCUT2D eigenvalue weighted by atomic mass is 10.1. The molecule has 1 atom stereocenters. The van der Waals surface area contributed by atoms with Crippen LogP contribution in [-0.4, -0.2) is 22.5 Å². The van der Waals surface area contributed by atoms with E-state index in [1.807, 2.05) is 0 Å². The van der Waals surface area contributed by atoms with Crippen molar-refractivity contribution in [3.63, 3.8) is 0 Å². The minimum absolute atomic E-state index is 0.330. The molecule has 0 fully saturated rings. The van der Waals surface area contributed by atoms with Crippen molar-refractivity contribution >= 4 is 23.4 Å². The summed E-state index contributed by atoms with van der Waals surface area (Å²) in [6.07, 6.45) is -4.77. The maximum absolute atomic E-state index is 12.3. The molecule has 142 valence electrons. The van der Waals surface area contributed by atoms with E-state index in [9.17, 15) is 23.2 Å². The summed E-state index contributed by atoms with van der Waals surface area (Å²) >= 11 is 1.14. The van der Waals surface area contributed by atoms with E-state index in [-0.39, 0.29) is 11.7 Å². The first-order valence-corrected chi connectivity index (χ1v) is 8.68. The molecule has 0 bridgehead atoms. The van der Waals surface area contributed by atoms with Crippen molar-refractivity contribution in [3.8, 4) is 11.8 Å². The summed E-state index contributed by atoms with van der Waals surface area (Å²) in [5.41, 5.74) is 2.26. The summed E-state index contributed by atoms with van der Waals surface area (Å²) in [5, 5.41) is 11.8. The van der Waals surface area contributed by atoms with Gasteiger partial charge in [0.25, 0.3) is 0 Å². The Labute approximate surface area is 158 Å². The number of carbonyl (C=O) groups is 1. The minimum atomic E-state index is -4.77. The number of rotatable bonds is 5. The average Bonchev–Trinajstić information content (AvgIpc) is 2.55. The van der Waals surface area contributed by atoms with Gasteiger partial charge in [-0.3, -0.25) is 4.79 Å². The van der Waals surface area contributed by atoms with Gasteiger partial charge in [-0.2, -0.15) is 5.26 Å². The van der Waals surface area contributed by atoms with Crippen LogP contribution in [0.3, 0.4) is 0 Å². The van der Waals surface area contributed by atoms with Gasteiger partial charge in [0.05, 0.1) is 10.8 Å². The number of thioether (sulfide) groups is 1. The molecular formula is C18H16F3N3O2S. The Hall–Kier alpha value is -2.73. The molecule has 1 aromatic carbocycles. The van der Waals surface area contributed by atoms with Gasteiger partial charge in [-0.1, -0.05) is 11.8 Å². The number of nitrogens with one attached hydrogen (secondary N) is 1. The monoisotopic (exact) mass is 395 g/mol. The summed E-state index contributed by atoms with van der Waals surface area (Å²) in [5.74, 6) is -0.740. The van der Waals surface area contributed by atoms with Crippen LogP contribution in [-0.2, 0) is 4.79 Å². The molecular weight excluding hydrogens is 379 g/mol. The summed E-state index contributed by atoms with van der Waals surface area (Å²) in [6, 6.07) is 8.72. The van der Waals surface area contributed by atoms with Crippen LogP contribution in [0, 0.1) is 25.2 Å². The first-order valence-electron chi connectivity index (χ1n) is 7.80. The van der Waals surface area contributed by atoms with E-state index in [1.54, 1.807) is 26.8 Å². The Morgan fingerprint density at radius 2 is 1.93 bits per heavy atom. The topological polar surface area (TPSA) is 75.0 Å². The number of halogens is 3. The number of hydrogen-bond acceptors (Lipinski definition) is 5. The molecule has 0 saturated carbocycles. The number of aryl methyl sites for hydroxylation is 2. The highest BCUT2D eigenvalue weighted by molar-refractivity contribution is 8.00. The van der Waals surface area contributed by atoms with Gasteiger partial charge in [-0.05, 0) is 56.7 Å². The lowest BCUT2D eigenvalue weighted by molar-refractivity contribution is -0.274. The molecule has 9 heteroatoms. The highest BCUT2D eigenvalue weighted by Gasteiger charge is 2.31. The fraction of sp³-hybridized carbons (Fsp3) is 0.278. The van der Waals surface area contributed by atoms with Crippen LogP contribution in [0.25, 0.3) is 0 Å². The number of amides is 1. The van der Waals surface area contributed by atoms with E-state index < -0.39 is 11.6 Å². The molecule has 1 aromatic heterocycles. The van der Waals surface area contributed by atoms with Crippen molar-refractivity contribution in [2.75, 3.05) is 5.32 Å². The Morgan fingerprint density at radius 1 is 1.30 bits per heavy atom. The molecule has 1 N–H and O–H groups in total.